The number of amides is 2. The number of aliphatic carboxylic acids is 1. The van der Waals surface area contributed by atoms with Crippen molar-refractivity contribution in [1.29, 1.82) is 0 Å². The lowest BCUT2D eigenvalue weighted by Gasteiger charge is -2.27. The predicted octanol–water partition coefficient (Wildman–Crippen LogP) is 3.77. The van der Waals surface area contributed by atoms with Gasteiger partial charge in [-0.05, 0) is 55.1 Å². The number of nitrogens with zero attached hydrogens (tertiary/aromatic N) is 2. The van der Waals surface area contributed by atoms with Crippen molar-refractivity contribution in [1.82, 2.24) is 20.4 Å². The third kappa shape index (κ3) is 9.66. The molecule has 47 heavy (non-hydrogen) atoms. The molecule has 1 fully saturated rings. The number of carbonyl (C=O) groups is 4. The monoisotopic (exact) mass is 648 g/mol. The molecule has 252 valence electrons. The zero-order valence-corrected chi connectivity index (χ0v) is 26.8. The van der Waals surface area contributed by atoms with E-state index in [0.29, 0.717) is 26.1 Å². The predicted molar refractivity (Wildman–Crippen MR) is 176 cm³/mol. The largest absolute Gasteiger partial charge is 0.480 e. The summed E-state index contributed by atoms with van der Waals surface area (Å²) in [5.74, 6) is -1.82. The van der Waals surface area contributed by atoms with Crippen molar-refractivity contribution in [2.75, 3.05) is 53.0 Å². The molecular weight excluding hydrogens is 604 g/mol. The number of alkyl carbamates (subject to hydrolysis) is 2. The Morgan fingerprint density at radius 3 is 2.15 bits per heavy atom. The van der Waals surface area contributed by atoms with Crippen LogP contribution in [0.1, 0.15) is 36.3 Å². The minimum atomic E-state index is -1.13. The standard InChI is InChI=1S/C35H44N4O8/c1-4-20-45-33(42)31(37-34(43)46-21-5-2)15-17-38(3)24-14-18-39(22-24)19-16-30(32(40)41)36-35(44)47-23-29-27-12-8-6-10-25(27)26-11-7-9-13-28(26)29/h4-13,24,29-31H,1-2,14-23H2,3H3,(H,36,44)(H,37,43)(H,40,41)/t24-,30?,31+/m0/s1. The molecule has 1 aliphatic carbocycles. The number of nitrogens with one attached hydrogen (secondary N) is 2. The molecule has 0 spiro atoms. The van der Waals surface area contributed by atoms with E-state index in [-0.39, 0.29) is 38.2 Å². The minimum absolute atomic E-state index is 0.0159. The quantitative estimate of drug-likeness (QED) is 0.132. The number of ether oxygens (including phenoxy) is 3. The van der Waals surface area contributed by atoms with Gasteiger partial charge in [-0.25, -0.2) is 19.2 Å². The first-order valence-corrected chi connectivity index (χ1v) is 15.8. The molecule has 1 unspecified atom stereocenters. The summed E-state index contributed by atoms with van der Waals surface area (Å²) in [7, 11) is 1.94. The van der Waals surface area contributed by atoms with Crippen LogP contribution in [0, 0.1) is 0 Å². The average molecular weight is 649 g/mol. The number of esters is 1. The SMILES string of the molecule is C=CCOC(=O)N[C@H](CCN(C)[C@H]1CCN(CCC(NC(=O)OCC2c3ccccc3-c3ccccc32)C(=O)O)C1)C(=O)OCC=C. The summed E-state index contributed by atoms with van der Waals surface area (Å²) in [4.78, 5) is 53.6. The van der Waals surface area contributed by atoms with Crippen molar-refractivity contribution in [3.05, 3.63) is 85.0 Å². The molecule has 2 aromatic carbocycles. The smallest absolute Gasteiger partial charge is 0.408 e. The third-order valence-corrected chi connectivity index (χ3v) is 8.56. The lowest BCUT2D eigenvalue weighted by molar-refractivity contribution is -0.145. The Labute approximate surface area is 275 Å². The van der Waals surface area contributed by atoms with E-state index in [2.05, 4.69) is 45.7 Å². The fourth-order valence-corrected chi connectivity index (χ4v) is 6.05. The van der Waals surface area contributed by atoms with E-state index in [9.17, 15) is 24.3 Å². The van der Waals surface area contributed by atoms with Crippen LogP contribution in [0.3, 0.4) is 0 Å². The normalized spacial score (nSPS) is 16.8. The van der Waals surface area contributed by atoms with E-state index in [0.717, 1.165) is 35.2 Å². The molecule has 4 rings (SSSR count). The fraction of sp³-hybridized carbons (Fsp3) is 0.429. The van der Waals surface area contributed by atoms with Gasteiger partial charge in [-0.3, -0.25) is 0 Å². The molecule has 1 aliphatic heterocycles. The van der Waals surface area contributed by atoms with Crippen LogP contribution in [0.15, 0.2) is 73.8 Å². The van der Waals surface area contributed by atoms with Crippen LogP contribution < -0.4 is 10.6 Å². The van der Waals surface area contributed by atoms with Gasteiger partial charge in [0.15, 0.2) is 0 Å². The summed E-state index contributed by atoms with van der Waals surface area (Å²) in [6, 6.07) is 14.2. The summed E-state index contributed by atoms with van der Waals surface area (Å²) >= 11 is 0. The van der Waals surface area contributed by atoms with E-state index in [1.54, 1.807) is 0 Å². The summed E-state index contributed by atoms with van der Waals surface area (Å²) in [5.41, 5.74) is 4.38. The molecule has 2 amide bonds. The first-order valence-electron chi connectivity index (χ1n) is 15.8. The molecule has 0 saturated carbocycles. The van der Waals surface area contributed by atoms with Crippen molar-refractivity contribution in [3.63, 3.8) is 0 Å². The van der Waals surface area contributed by atoms with Gasteiger partial charge in [-0.2, -0.15) is 0 Å². The Balaban J connectivity index is 1.22. The molecule has 1 heterocycles. The highest BCUT2D eigenvalue weighted by atomic mass is 16.6. The Morgan fingerprint density at radius 2 is 1.51 bits per heavy atom. The fourth-order valence-electron chi connectivity index (χ4n) is 6.05. The van der Waals surface area contributed by atoms with E-state index in [1.807, 2.05) is 43.4 Å². The molecule has 2 aliphatic rings. The molecule has 0 aromatic heterocycles. The number of carboxylic acids is 1. The van der Waals surface area contributed by atoms with Gasteiger partial charge < -0.3 is 39.8 Å². The topological polar surface area (TPSA) is 147 Å². The summed E-state index contributed by atoms with van der Waals surface area (Å²) < 4.78 is 15.7. The second-order valence-electron chi connectivity index (χ2n) is 11.7. The van der Waals surface area contributed by atoms with Crippen molar-refractivity contribution in [2.24, 2.45) is 0 Å². The maximum atomic E-state index is 12.7. The van der Waals surface area contributed by atoms with E-state index >= 15 is 0 Å². The Kier molecular flexibility index (Phi) is 12.9. The molecule has 12 nitrogen and oxygen atoms in total. The number of carboxylic acid groups (broad SMARTS) is 1. The number of hydrogen-bond acceptors (Lipinski definition) is 9. The zero-order valence-electron chi connectivity index (χ0n) is 26.8. The minimum Gasteiger partial charge on any atom is -0.480 e. The van der Waals surface area contributed by atoms with E-state index in [4.69, 9.17) is 14.2 Å². The molecule has 3 N–H and O–H groups in total. The number of rotatable bonds is 17. The molecule has 1 saturated heterocycles. The lowest BCUT2D eigenvalue weighted by atomic mass is 9.98. The number of hydrogen-bond donors (Lipinski definition) is 3. The number of likely N-dealkylation sites (tertiary alicyclic amines) is 1. The second kappa shape index (κ2) is 17.3. The number of likely N-dealkylation sites (N-methyl/N-ethyl adjacent to an activating group) is 1. The Morgan fingerprint density at radius 1 is 0.915 bits per heavy atom. The zero-order chi connectivity index (χ0) is 33.8. The van der Waals surface area contributed by atoms with Gasteiger partial charge in [0.05, 0.1) is 0 Å². The second-order valence-corrected chi connectivity index (χ2v) is 11.7. The molecular formula is C35H44N4O8. The van der Waals surface area contributed by atoms with E-state index < -0.39 is 36.2 Å². The molecule has 2 aromatic rings. The number of benzene rings is 2. The van der Waals surface area contributed by atoms with Gasteiger partial charge >= 0.3 is 24.1 Å². The highest BCUT2D eigenvalue weighted by molar-refractivity contribution is 5.82. The van der Waals surface area contributed by atoms with Gasteiger partial charge in [0.25, 0.3) is 0 Å². The van der Waals surface area contributed by atoms with Crippen LogP contribution in [-0.4, -0.2) is 110 Å². The van der Waals surface area contributed by atoms with Crippen molar-refractivity contribution < 1.29 is 38.5 Å². The van der Waals surface area contributed by atoms with Crippen LogP contribution in [-0.2, 0) is 23.8 Å². The van der Waals surface area contributed by atoms with Crippen molar-refractivity contribution in [3.8, 4) is 11.1 Å². The maximum Gasteiger partial charge on any atom is 0.408 e. The number of carbonyl (C=O) groups excluding carboxylic acids is 3. The lowest BCUT2D eigenvalue weighted by Crippen LogP contribution is -2.45. The van der Waals surface area contributed by atoms with Gasteiger partial charge in [0.2, 0.25) is 0 Å². The highest BCUT2D eigenvalue weighted by Gasteiger charge is 2.31. The van der Waals surface area contributed by atoms with Gasteiger partial charge in [0.1, 0.15) is 31.9 Å². The molecule has 12 heteroatoms. The van der Waals surface area contributed by atoms with Crippen LogP contribution in [0.5, 0.6) is 0 Å². The third-order valence-electron chi connectivity index (χ3n) is 8.56. The first kappa shape index (κ1) is 35.2. The van der Waals surface area contributed by atoms with Crippen molar-refractivity contribution >= 4 is 24.1 Å². The van der Waals surface area contributed by atoms with Crippen LogP contribution >= 0.6 is 0 Å². The molecule has 0 bridgehead atoms. The van der Waals surface area contributed by atoms with Crippen molar-refractivity contribution in [2.45, 2.75) is 43.3 Å². The van der Waals surface area contributed by atoms with Gasteiger partial charge in [0, 0.05) is 31.6 Å². The summed E-state index contributed by atoms with van der Waals surface area (Å²) in [6.07, 6.45) is 2.74. The maximum absolute atomic E-state index is 12.7. The Bertz CT molecular complexity index is 1390. The van der Waals surface area contributed by atoms with E-state index in [1.165, 1.54) is 12.2 Å². The van der Waals surface area contributed by atoms with Gasteiger partial charge in [-0.1, -0.05) is 73.8 Å². The van der Waals surface area contributed by atoms with Crippen LogP contribution in [0.4, 0.5) is 9.59 Å². The van der Waals surface area contributed by atoms with Crippen LogP contribution in [0.2, 0.25) is 0 Å². The van der Waals surface area contributed by atoms with Gasteiger partial charge in [-0.15, -0.1) is 0 Å². The average Bonchev–Trinajstić information content (AvgIpc) is 3.68. The molecule has 0 radical (unpaired) electrons. The number of fused-ring (bicyclic) bond motifs is 3. The molecule has 3 atom stereocenters. The highest BCUT2D eigenvalue weighted by Crippen LogP contribution is 2.44. The Hall–Kier alpha value is -4.68. The van der Waals surface area contributed by atoms with Crippen LogP contribution in [0.25, 0.3) is 11.1 Å². The first-order chi connectivity index (χ1) is 22.7. The summed E-state index contributed by atoms with van der Waals surface area (Å²) in [5, 5.41) is 14.9. The summed E-state index contributed by atoms with van der Waals surface area (Å²) in [6.45, 7) is 9.60.